The second-order valence-electron chi connectivity index (χ2n) is 5.67. The van der Waals surface area contributed by atoms with Gasteiger partial charge in [0.1, 0.15) is 0 Å². The molecule has 3 rings (SSSR count). The number of hydrogen-bond donors (Lipinski definition) is 0. The van der Waals surface area contributed by atoms with Gasteiger partial charge in [0.25, 0.3) is 0 Å². The number of hydrogen-bond acceptors (Lipinski definition) is 2. The molecule has 0 unspecified atom stereocenters. The number of carbonyl (C=O) groups excluding carboxylic acids is 1. The van der Waals surface area contributed by atoms with Gasteiger partial charge in [-0.2, -0.15) is 5.26 Å². The summed E-state index contributed by atoms with van der Waals surface area (Å²) in [5.41, 5.74) is 4.22. The molecule has 0 aliphatic heterocycles. The third kappa shape index (κ3) is 4.57. The van der Waals surface area contributed by atoms with Gasteiger partial charge in [0.05, 0.1) is 11.6 Å². The summed E-state index contributed by atoms with van der Waals surface area (Å²) in [6.07, 6.45) is 3.37. The lowest BCUT2D eigenvalue weighted by atomic mass is 10.0. The number of nitriles is 1. The standard InChI is InChI=1S/C22H13Br2NO/c23-20-11-16(12-21(24)13-20)3-10-22(26)19-8-6-18(7-9-19)17-4-1-15(14-25)2-5-17/h1-13H/b10-3+. The zero-order valence-corrected chi connectivity index (χ0v) is 16.8. The van der Waals surface area contributed by atoms with Crippen LogP contribution >= 0.6 is 31.9 Å². The molecular formula is C22H13Br2NO. The van der Waals surface area contributed by atoms with Crippen LogP contribution in [0.4, 0.5) is 0 Å². The Hall–Kier alpha value is -2.48. The molecule has 0 atom stereocenters. The minimum absolute atomic E-state index is 0.0486. The molecular weight excluding hydrogens is 454 g/mol. The molecule has 0 aromatic heterocycles. The largest absolute Gasteiger partial charge is 0.289 e. The van der Waals surface area contributed by atoms with Gasteiger partial charge in [-0.25, -0.2) is 0 Å². The molecule has 0 amide bonds. The van der Waals surface area contributed by atoms with Gasteiger partial charge in [-0.3, -0.25) is 4.79 Å². The molecule has 0 saturated heterocycles. The van der Waals surface area contributed by atoms with Crippen molar-refractivity contribution >= 4 is 43.7 Å². The van der Waals surface area contributed by atoms with Crippen molar-refractivity contribution in [1.29, 1.82) is 5.26 Å². The van der Waals surface area contributed by atoms with Gasteiger partial charge in [0.2, 0.25) is 0 Å². The van der Waals surface area contributed by atoms with Crippen LogP contribution in [0.25, 0.3) is 17.2 Å². The van der Waals surface area contributed by atoms with Gasteiger partial charge in [-0.1, -0.05) is 74.3 Å². The molecule has 0 aliphatic carbocycles. The van der Waals surface area contributed by atoms with E-state index in [4.69, 9.17) is 5.26 Å². The summed E-state index contributed by atoms with van der Waals surface area (Å²) in [6, 6.07) is 22.8. The van der Waals surface area contributed by atoms with Gasteiger partial charge in [-0.15, -0.1) is 0 Å². The molecule has 3 aromatic rings. The number of rotatable bonds is 4. The summed E-state index contributed by atoms with van der Waals surface area (Å²) < 4.78 is 1.90. The van der Waals surface area contributed by atoms with Crippen molar-refractivity contribution in [3.63, 3.8) is 0 Å². The van der Waals surface area contributed by atoms with Crippen LogP contribution in [0.1, 0.15) is 21.5 Å². The number of benzene rings is 3. The van der Waals surface area contributed by atoms with Crippen molar-refractivity contribution in [2.75, 3.05) is 0 Å². The fourth-order valence-electron chi connectivity index (χ4n) is 2.50. The predicted octanol–water partition coefficient (Wildman–Crippen LogP) is 6.65. The second-order valence-corrected chi connectivity index (χ2v) is 7.50. The van der Waals surface area contributed by atoms with Crippen LogP contribution in [0.3, 0.4) is 0 Å². The van der Waals surface area contributed by atoms with Crippen molar-refractivity contribution in [2.24, 2.45) is 0 Å². The van der Waals surface area contributed by atoms with Gasteiger partial charge in [0, 0.05) is 14.5 Å². The van der Waals surface area contributed by atoms with Crippen LogP contribution in [0.15, 0.2) is 81.8 Å². The van der Waals surface area contributed by atoms with E-state index in [2.05, 4.69) is 37.9 Å². The molecule has 0 spiro atoms. The Bertz CT molecular complexity index is 993. The summed E-state index contributed by atoms with van der Waals surface area (Å²) in [6.45, 7) is 0. The highest BCUT2D eigenvalue weighted by Gasteiger charge is 2.04. The Balaban J connectivity index is 1.76. The number of nitrogens with zero attached hydrogens (tertiary/aromatic N) is 1. The first-order valence-corrected chi connectivity index (χ1v) is 9.43. The molecule has 0 N–H and O–H groups in total. The third-order valence-corrected chi connectivity index (χ3v) is 4.74. The van der Waals surface area contributed by atoms with Crippen molar-refractivity contribution in [2.45, 2.75) is 0 Å². The van der Waals surface area contributed by atoms with Gasteiger partial charge in [0.15, 0.2) is 5.78 Å². The Morgan fingerprint density at radius 3 is 1.92 bits per heavy atom. The van der Waals surface area contributed by atoms with Crippen LogP contribution in [0.5, 0.6) is 0 Å². The van der Waals surface area contributed by atoms with E-state index in [0.717, 1.165) is 25.6 Å². The normalized spacial score (nSPS) is 10.7. The Labute approximate surface area is 169 Å². The lowest BCUT2D eigenvalue weighted by molar-refractivity contribution is 0.104. The van der Waals surface area contributed by atoms with Gasteiger partial charge >= 0.3 is 0 Å². The summed E-state index contributed by atoms with van der Waals surface area (Å²) in [4.78, 5) is 12.4. The first-order chi connectivity index (χ1) is 12.5. The fraction of sp³-hybridized carbons (Fsp3) is 0. The van der Waals surface area contributed by atoms with E-state index in [1.165, 1.54) is 0 Å². The number of ketones is 1. The molecule has 0 bridgehead atoms. The van der Waals surface area contributed by atoms with E-state index in [9.17, 15) is 4.79 Å². The molecule has 26 heavy (non-hydrogen) atoms. The number of allylic oxidation sites excluding steroid dienone is 1. The summed E-state index contributed by atoms with van der Waals surface area (Å²) >= 11 is 6.87. The zero-order valence-electron chi connectivity index (χ0n) is 13.6. The smallest absolute Gasteiger partial charge is 0.185 e. The lowest BCUT2D eigenvalue weighted by Crippen LogP contribution is -1.93. The maximum Gasteiger partial charge on any atom is 0.185 e. The molecule has 0 heterocycles. The molecule has 0 aliphatic rings. The first kappa shape index (κ1) is 18.3. The van der Waals surface area contributed by atoms with Crippen molar-refractivity contribution in [3.8, 4) is 17.2 Å². The van der Waals surface area contributed by atoms with Crippen LogP contribution in [-0.4, -0.2) is 5.78 Å². The molecule has 0 fully saturated rings. The van der Waals surface area contributed by atoms with Gasteiger partial charge < -0.3 is 0 Å². The highest BCUT2D eigenvalue weighted by atomic mass is 79.9. The van der Waals surface area contributed by atoms with Crippen LogP contribution in [0.2, 0.25) is 0 Å². The molecule has 0 saturated carbocycles. The highest BCUT2D eigenvalue weighted by molar-refractivity contribution is 9.11. The number of carbonyl (C=O) groups is 1. The summed E-state index contributed by atoms with van der Waals surface area (Å²) in [5, 5.41) is 8.86. The summed E-state index contributed by atoms with van der Waals surface area (Å²) in [5.74, 6) is -0.0486. The van der Waals surface area contributed by atoms with Crippen molar-refractivity contribution < 1.29 is 4.79 Å². The first-order valence-electron chi connectivity index (χ1n) is 7.84. The third-order valence-electron chi connectivity index (χ3n) is 3.83. The Morgan fingerprint density at radius 2 is 1.38 bits per heavy atom. The van der Waals surface area contributed by atoms with E-state index in [1.54, 1.807) is 24.3 Å². The van der Waals surface area contributed by atoms with Gasteiger partial charge in [-0.05, 0) is 53.1 Å². The Morgan fingerprint density at radius 1 is 0.846 bits per heavy atom. The molecule has 4 heteroatoms. The molecule has 2 nitrogen and oxygen atoms in total. The van der Waals surface area contributed by atoms with E-state index < -0.39 is 0 Å². The summed E-state index contributed by atoms with van der Waals surface area (Å²) in [7, 11) is 0. The van der Waals surface area contributed by atoms with Crippen molar-refractivity contribution in [3.05, 3.63) is 98.4 Å². The monoisotopic (exact) mass is 465 g/mol. The van der Waals surface area contributed by atoms with Crippen molar-refractivity contribution in [1.82, 2.24) is 0 Å². The molecule has 3 aromatic carbocycles. The minimum Gasteiger partial charge on any atom is -0.289 e. The fourth-order valence-corrected chi connectivity index (χ4v) is 3.83. The maximum absolute atomic E-state index is 12.4. The lowest BCUT2D eigenvalue weighted by Gasteiger charge is -2.03. The average molecular weight is 467 g/mol. The van der Waals surface area contributed by atoms with E-state index in [0.29, 0.717) is 11.1 Å². The van der Waals surface area contributed by atoms with E-state index >= 15 is 0 Å². The predicted molar refractivity (Wildman–Crippen MR) is 112 cm³/mol. The number of halogens is 2. The Kier molecular flexibility index (Phi) is 5.82. The molecule has 126 valence electrons. The second kappa shape index (κ2) is 8.27. The average Bonchev–Trinajstić information content (AvgIpc) is 2.65. The van der Waals surface area contributed by atoms with Crippen LogP contribution < -0.4 is 0 Å². The molecule has 0 radical (unpaired) electrons. The maximum atomic E-state index is 12.4. The SMILES string of the molecule is N#Cc1ccc(-c2ccc(C(=O)/C=C/c3cc(Br)cc(Br)c3)cc2)cc1. The highest BCUT2D eigenvalue weighted by Crippen LogP contribution is 2.22. The zero-order chi connectivity index (χ0) is 18.5. The van der Waals surface area contributed by atoms with E-state index in [1.807, 2.05) is 54.6 Å². The minimum atomic E-state index is -0.0486. The van der Waals surface area contributed by atoms with E-state index in [-0.39, 0.29) is 5.78 Å². The van der Waals surface area contributed by atoms with Crippen LogP contribution in [0, 0.1) is 11.3 Å². The quantitative estimate of drug-likeness (QED) is 0.319. The van der Waals surface area contributed by atoms with Crippen LogP contribution in [-0.2, 0) is 0 Å². The topological polar surface area (TPSA) is 40.9 Å².